The van der Waals surface area contributed by atoms with Gasteiger partial charge < -0.3 is 15.4 Å². The van der Waals surface area contributed by atoms with Gasteiger partial charge in [-0.3, -0.25) is 14.4 Å². The second-order valence-corrected chi connectivity index (χ2v) is 7.05. The third-order valence-electron chi connectivity index (χ3n) is 3.65. The molecule has 23 heavy (non-hydrogen) atoms. The molecule has 0 aromatic rings. The van der Waals surface area contributed by atoms with Crippen LogP contribution in [0.3, 0.4) is 0 Å². The molecule has 0 aromatic carbocycles. The van der Waals surface area contributed by atoms with Gasteiger partial charge in [-0.15, -0.1) is 0 Å². The van der Waals surface area contributed by atoms with Crippen molar-refractivity contribution in [2.75, 3.05) is 25.4 Å². The number of nitrogens with one attached hydrogen (secondary N) is 2. The van der Waals surface area contributed by atoms with Crippen LogP contribution in [0.5, 0.6) is 0 Å². The Morgan fingerprint density at radius 1 is 1.39 bits per heavy atom. The third-order valence-corrected chi connectivity index (χ3v) is 4.70. The Morgan fingerprint density at radius 2 is 2.17 bits per heavy atom. The van der Waals surface area contributed by atoms with Crippen molar-refractivity contribution in [1.82, 2.24) is 10.6 Å². The minimum Gasteiger partial charge on any atom is -0.464 e. The molecule has 132 valence electrons. The van der Waals surface area contributed by atoms with Gasteiger partial charge in [-0.2, -0.15) is 0 Å². The smallest absolute Gasteiger partial charge is 0.323 e. The number of esters is 1. The van der Waals surface area contributed by atoms with Crippen LogP contribution in [-0.2, 0) is 19.1 Å². The molecule has 2 N–H and O–H groups in total. The minimum absolute atomic E-state index is 0.00479. The summed E-state index contributed by atoms with van der Waals surface area (Å²) in [6, 6.07) is -0.227. The highest BCUT2D eigenvalue weighted by Crippen LogP contribution is 2.15. The van der Waals surface area contributed by atoms with Gasteiger partial charge in [-0.25, -0.2) is 0 Å². The Morgan fingerprint density at radius 3 is 2.78 bits per heavy atom. The average Bonchev–Trinajstić information content (AvgIpc) is 3.04. The number of hydrogen-bond donors (Lipinski definition) is 2. The fourth-order valence-corrected chi connectivity index (χ4v) is 3.01. The summed E-state index contributed by atoms with van der Waals surface area (Å²) in [6.07, 6.45) is 4.01. The van der Waals surface area contributed by atoms with Gasteiger partial charge >= 0.3 is 5.97 Å². The van der Waals surface area contributed by atoms with E-state index in [1.54, 1.807) is 0 Å². The topological polar surface area (TPSA) is 84.5 Å². The van der Waals surface area contributed by atoms with Gasteiger partial charge in [0.05, 0.1) is 6.61 Å². The van der Waals surface area contributed by atoms with E-state index in [0.29, 0.717) is 12.3 Å². The average molecular weight is 344 g/mol. The summed E-state index contributed by atoms with van der Waals surface area (Å²) in [6.45, 7) is 5.24. The van der Waals surface area contributed by atoms with Gasteiger partial charge in [-0.1, -0.05) is 25.1 Å². The predicted octanol–water partition coefficient (Wildman–Crippen LogP) is 1.48. The van der Waals surface area contributed by atoms with Gasteiger partial charge in [-0.05, 0) is 25.8 Å². The first kappa shape index (κ1) is 20.0. The van der Waals surface area contributed by atoms with Gasteiger partial charge in [0.1, 0.15) is 6.04 Å². The number of thioether (sulfide) groups is 1. The van der Waals surface area contributed by atoms with E-state index in [1.165, 1.54) is 18.7 Å². The SMILES string of the molecule is CCCCNC(=O)CC(COC(=O)[C@@H]1CCCN1)CSC(C)=O. The maximum Gasteiger partial charge on any atom is 0.323 e. The van der Waals surface area contributed by atoms with E-state index in [4.69, 9.17) is 4.74 Å². The number of hydrogen-bond acceptors (Lipinski definition) is 6. The minimum atomic E-state index is -0.258. The van der Waals surface area contributed by atoms with Gasteiger partial charge in [0.25, 0.3) is 0 Å². The fraction of sp³-hybridized carbons (Fsp3) is 0.812. The highest BCUT2D eigenvalue weighted by molar-refractivity contribution is 8.13. The van der Waals surface area contributed by atoms with Crippen molar-refractivity contribution in [3.63, 3.8) is 0 Å². The lowest BCUT2D eigenvalue weighted by atomic mass is 10.1. The summed E-state index contributed by atoms with van der Waals surface area (Å²) in [5.74, 6) is 0.0345. The molecule has 1 saturated heterocycles. The van der Waals surface area contributed by atoms with E-state index in [2.05, 4.69) is 17.6 Å². The van der Waals surface area contributed by atoms with Crippen LogP contribution < -0.4 is 10.6 Å². The second-order valence-electron chi connectivity index (χ2n) is 5.86. The van der Waals surface area contributed by atoms with E-state index in [0.717, 1.165) is 32.2 Å². The number of carbonyl (C=O) groups is 3. The highest BCUT2D eigenvalue weighted by Gasteiger charge is 2.25. The first-order valence-electron chi connectivity index (χ1n) is 8.33. The van der Waals surface area contributed by atoms with Crippen LogP contribution in [0.25, 0.3) is 0 Å². The van der Waals surface area contributed by atoms with Gasteiger partial charge in [0, 0.05) is 31.6 Å². The first-order valence-corrected chi connectivity index (χ1v) is 9.31. The van der Waals surface area contributed by atoms with Crippen LogP contribution in [0.15, 0.2) is 0 Å². The van der Waals surface area contributed by atoms with Crippen LogP contribution in [-0.4, -0.2) is 48.5 Å². The van der Waals surface area contributed by atoms with Crippen molar-refractivity contribution in [3.8, 4) is 0 Å². The summed E-state index contributed by atoms with van der Waals surface area (Å²) in [5.41, 5.74) is 0. The molecule has 0 radical (unpaired) electrons. The van der Waals surface area contributed by atoms with Crippen molar-refractivity contribution in [2.24, 2.45) is 5.92 Å². The number of rotatable bonds is 10. The molecule has 1 aliphatic rings. The van der Waals surface area contributed by atoms with E-state index in [9.17, 15) is 14.4 Å². The number of amides is 1. The van der Waals surface area contributed by atoms with E-state index < -0.39 is 0 Å². The molecule has 1 aliphatic heterocycles. The Kier molecular flexibility index (Phi) is 9.94. The maximum absolute atomic E-state index is 11.9. The Bertz CT molecular complexity index is 398. The summed E-state index contributed by atoms with van der Waals surface area (Å²) in [7, 11) is 0. The molecular formula is C16H28N2O4S. The lowest BCUT2D eigenvalue weighted by molar-refractivity contribution is -0.147. The van der Waals surface area contributed by atoms with Crippen LogP contribution >= 0.6 is 11.8 Å². The molecule has 1 unspecified atom stereocenters. The molecule has 0 spiro atoms. The maximum atomic E-state index is 11.9. The lowest BCUT2D eigenvalue weighted by Crippen LogP contribution is -2.34. The van der Waals surface area contributed by atoms with E-state index in [1.807, 2.05) is 0 Å². The fourth-order valence-electron chi connectivity index (χ4n) is 2.33. The molecule has 0 bridgehead atoms. The van der Waals surface area contributed by atoms with Crippen molar-refractivity contribution >= 4 is 28.8 Å². The molecule has 1 rings (SSSR count). The Hall–Kier alpha value is -1.08. The molecule has 1 amide bonds. The highest BCUT2D eigenvalue weighted by atomic mass is 32.2. The standard InChI is InChI=1S/C16H28N2O4S/c1-3-4-7-18-15(20)9-13(11-23-12(2)19)10-22-16(21)14-6-5-8-17-14/h13-14,17H,3-11H2,1-2H3,(H,18,20)/t13?,14-/m0/s1. The molecule has 1 fully saturated rings. The molecular weight excluding hydrogens is 316 g/mol. The zero-order valence-corrected chi connectivity index (χ0v) is 14.9. The first-order chi connectivity index (χ1) is 11.0. The number of carbonyl (C=O) groups excluding carboxylic acids is 3. The zero-order chi connectivity index (χ0) is 17.1. The molecule has 0 saturated carbocycles. The summed E-state index contributed by atoms with van der Waals surface area (Å²) < 4.78 is 5.34. The summed E-state index contributed by atoms with van der Waals surface area (Å²) >= 11 is 1.17. The molecule has 7 heteroatoms. The summed E-state index contributed by atoms with van der Waals surface area (Å²) in [4.78, 5) is 35.0. The third kappa shape index (κ3) is 8.95. The zero-order valence-electron chi connectivity index (χ0n) is 14.1. The van der Waals surface area contributed by atoms with E-state index >= 15 is 0 Å². The van der Waals surface area contributed by atoms with Gasteiger partial charge in [0.15, 0.2) is 5.12 Å². The lowest BCUT2D eigenvalue weighted by Gasteiger charge is -2.17. The van der Waals surface area contributed by atoms with E-state index in [-0.39, 0.29) is 42.0 Å². The van der Waals surface area contributed by atoms with Crippen LogP contribution in [0.2, 0.25) is 0 Å². The van der Waals surface area contributed by atoms with Crippen molar-refractivity contribution in [2.45, 2.75) is 52.0 Å². The Labute approximate surface area is 142 Å². The molecule has 1 heterocycles. The van der Waals surface area contributed by atoms with Gasteiger partial charge in [0.2, 0.25) is 5.91 Å². The number of unbranched alkanes of at least 4 members (excludes halogenated alkanes) is 1. The molecule has 0 aromatic heterocycles. The van der Waals surface area contributed by atoms with Crippen LogP contribution in [0.1, 0.15) is 46.0 Å². The predicted molar refractivity (Wildman–Crippen MR) is 91.1 cm³/mol. The normalized spacial score (nSPS) is 18.4. The van der Waals surface area contributed by atoms with Crippen LogP contribution in [0, 0.1) is 5.92 Å². The molecule has 6 nitrogen and oxygen atoms in total. The monoisotopic (exact) mass is 344 g/mol. The molecule has 2 atom stereocenters. The number of ether oxygens (including phenoxy) is 1. The second kappa shape index (κ2) is 11.5. The summed E-state index contributed by atoms with van der Waals surface area (Å²) in [5, 5.41) is 5.96. The molecule has 0 aliphatic carbocycles. The Balaban J connectivity index is 2.38. The quantitative estimate of drug-likeness (QED) is 0.461. The van der Waals surface area contributed by atoms with Crippen molar-refractivity contribution < 1.29 is 19.1 Å². The van der Waals surface area contributed by atoms with Crippen LogP contribution in [0.4, 0.5) is 0 Å². The van der Waals surface area contributed by atoms with Crippen molar-refractivity contribution in [1.29, 1.82) is 0 Å². The largest absolute Gasteiger partial charge is 0.464 e. The van der Waals surface area contributed by atoms with Crippen molar-refractivity contribution in [3.05, 3.63) is 0 Å².